The first-order valence-electron chi connectivity index (χ1n) is 9.47. The summed E-state index contributed by atoms with van der Waals surface area (Å²) in [5, 5.41) is 21.6. The highest BCUT2D eigenvalue weighted by Crippen LogP contribution is 2.27. The summed E-state index contributed by atoms with van der Waals surface area (Å²) in [4.78, 5) is 0. The van der Waals surface area contributed by atoms with Crippen molar-refractivity contribution in [3.05, 3.63) is 65.2 Å². The van der Waals surface area contributed by atoms with Gasteiger partial charge in [-0.25, -0.2) is 0 Å². The molecule has 1 unspecified atom stereocenters. The first-order valence-corrected chi connectivity index (χ1v) is 9.47. The highest BCUT2D eigenvalue weighted by atomic mass is 16.5. The third kappa shape index (κ3) is 7.56. The minimum atomic E-state index is -0.0370. The van der Waals surface area contributed by atoms with Gasteiger partial charge in [-0.15, -0.1) is 0 Å². The van der Waals surface area contributed by atoms with Crippen molar-refractivity contribution in [3.8, 4) is 5.75 Å². The predicted molar refractivity (Wildman–Crippen MR) is 108 cm³/mol. The summed E-state index contributed by atoms with van der Waals surface area (Å²) in [7, 11) is 1.93. The maximum Gasteiger partial charge on any atom is 0.125 e. The van der Waals surface area contributed by atoms with Crippen LogP contribution in [0.5, 0.6) is 5.75 Å². The smallest absolute Gasteiger partial charge is 0.125 e. The summed E-state index contributed by atoms with van der Waals surface area (Å²) in [5.74, 6) is 0.786. The number of hydrogen-bond acceptors (Lipinski definition) is 4. The van der Waals surface area contributed by atoms with E-state index in [0.717, 1.165) is 35.4 Å². The van der Waals surface area contributed by atoms with Gasteiger partial charge in [0.1, 0.15) is 11.9 Å². The molecule has 0 saturated carbocycles. The number of aliphatic hydroxyl groups excluding tert-OH is 2. The van der Waals surface area contributed by atoms with Crippen molar-refractivity contribution in [1.29, 1.82) is 0 Å². The lowest BCUT2D eigenvalue weighted by atomic mass is 10.0. The molecule has 0 fully saturated rings. The second-order valence-corrected chi connectivity index (χ2v) is 5.84. The Labute approximate surface area is 157 Å². The van der Waals surface area contributed by atoms with Gasteiger partial charge in [0.2, 0.25) is 0 Å². The van der Waals surface area contributed by atoms with E-state index in [1.165, 1.54) is 0 Å². The molecule has 2 aromatic rings. The van der Waals surface area contributed by atoms with E-state index in [1.807, 2.05) is 57.3 Å². The Morgan fingerprint density at radius 3 is 2.00 bits per heavy atom. The molecule has 0 bridgehead atoms. The first-order chi connectivity index (χ1) is 12.8. The average molecular weight is 360 g/mol. The molecule has 0 aliphatic carbocycles. The topological polar surface area (TPSA) is 61.7 Å². The molecular formula is C22H33NO3. The number of rotatable bonds is 10. The van der Waals surface area contributed by atoms with Crippen LogP contribution in [0.15, 0.2) is 48.5 Å². The largest absolute Gasteiger partial charge is 0.486 e. The maximum absolute atomic E-state index is 9.21. The number of ether oxygens (including phenoxy) is 1. The Balaban J connectivity index is 0.00000163. The molecule has 4 nitrogen and oxygen atoms in total. The summed E-state index contributed by atoms with van der Waals surface area (Å²) in [6.45, 7) is 5.06. The highest BCUT2D eigenvalue weighted by molar-refractivity contribution is 5.35. The van der Waals surface area contributed by atoms with Gasteiger partial charge in [0.15, 0.2) is 0 Å². The summed E-state index contributed by atoms with van der Waals surface area (Å²) in [5.41, 5.74) is 3.20. The predicted octanol–water partition coefficient (Wildman–Crippen LogP) is 3.51. The lowest BCUT2D eigenvalue weighted by molar-refractivity contribution is 0.194. The molecule has 2 aromatic carbocycles. The van der Waals surface area contributed by atoms with Gasteiger partial charge in [-0.05, 0) is 55.3 Å². The van der Waals surface area contributed by atoms with Crippen molar-refractivity contribution in [2.75, 3.05) is 26.8 Å². The second-order valence-electron chi connectivity index (χ2n) is 5.84. The van der Waals surface area contributed by atoms with Crippen molar-refractivity contribution in [3.63, 3.8) is 0 Å². The van der Waals surface area contributed by atoms with E-state index in [9.17, 15) is 10.2 Å². The molecule has 26 heavy (non-hydrogen) atoms. The Hall–Kier alpha value is -1.88. The van der Waals surface area contributed by atoms with Gasteiger partial charge in [0.25, 0.3) is 0 Å². The van der Waals surface area contributed by atoms with Crippen molar-refractivity contribution in [2.24, 2.45) is 0 Å². The maximum atomic E-state index is 9.21. The quantitative estimate of drug-likeness (QED) is 0.607. The van der Waals surface area contributed by atoms with Gasteiger partial charge < -0.3 is 20.3 Å². The minimum Gasteiger partial charge on any atom is -0.486 e. The molecule has 4 heteroatoms. The average Bonchev–Trinajstić information content (AvgIpc) is 2.68. The van der Waals surface area contributed by atoms with Gasteiger partial charge in [0, 0.05) is 19.6 Å². The molecule has 0 aliphatic heterocycles. The van der Waals surface area contributed by atoms with Gasteiger partial charge in [-0.2, -0.15) is 0 Å². The van der Waals surface area contributed by atoms with Crippen LogP contribution in [0.1, 0.15) is 43.1 Å². The highest BCUT2D eigenvalue weighted by Gasteiger charge is 2.14. The molecular weight excluding hydrogens is 326 g/mol. The van der Waals surface area contributed by atoms with Gasteiger partial charge >= 0.3 is 0 Å². The van der Waals surface area contributed by atoms with E-state index in [4.69, 9.17) is 4.74 Å². The molecule has 144 valence electrons. The lowest BCUT2D eigenvalue weighted by Crippen LogP contribution is -2.16. The standard InChI is InChI=1S/C20H27NO3.C2H6/c1-21-10-7-20(18-5-3-2-4-6-18)24-19-14-16(8-11-22)13-17(15-19)9-12-23;1-2/h2-6,13-15,20-23H,7-12H2,1H3;1-2H3. The lowest BCUT2D eigenvalue weighted by Gasteiger charge is -2.21. The molecule has 2 rings (SSSR count). The van der Waals surface area contributed by atoms with Crippen LogP contribution in [-0.2, 0) is 12.8 Å². The van der Waals surface area contributed by atoms with Crippen molar-refractivity contribution >= 4 is 0 Å². The van der Waals surface area contributed by atoms with Crippen LogP contribution in [0.2, 0.25) is 0 Å². The van der Waals surface area contributed by atoms with Crippen LogP contribution in [0.3, 0.4) is 0 Å². The van der Waals surface area contributed by atoms with Crippen LogP contribution in [0, 0.1) is 0 Å². The van der Waals surface area contributed by atoms with Crippen molar-refractivity contribution < 1.29 is 14.9 Å². The van der Waals surface area contributed by atoms with E-state index >= 15 is 0 Å². The fourth-order valence-corrected chi connectivity index (χ4v) is 2.74. The minimum absolute atomic E-state index is 0.0370. The van der Waals surface area contributed by atoms with E-state index in [0.29, 0.717) is 12.8 Å². The van der Waals surface area contributed by atoms with Crippen LogP contribution in [-0.4, -0.2) is 37.0 Å². The normalized spacial score (nSPS) is 11.4. The first kappa shape index (κ1) is 22.2. The molecule has 0 aliphatic rings. The van der Waals surface area contributed by atoms with E-state index in [-0.39, 0.29) is 19.3 Å². The number of benzene rings is 2. The van der Waals surface area contributed by atoms with E-state index < -0.39 is 0 Å². The molecule has 1 atom stereocenters. The van der Waals surface area contributed by atoms with E-state index in [1.54, 1.807) is 0 Å². The third-order valence-electron chi connectivity index (χ3n) is 3.93. The zero-order chi connectivity index (χ0) is 19.2. The third-order valence-corrected chi connectivity index (χ3v) is 3.93. The summed E-state index contributed by atoms with van der Waals surface area (Å²) in [6.07, 6.45) is 2.00. The summed E-state index contributed by atoms with van der Waals surface area (Å²) >= 11 is 0. The van der Waals surface area contributed by atoms with Gasteiger partial charge in [-0.3, -0.25) is 0 Å². The molecule has 0 saturated heterocycles. The Morgan fingerprint density at radius 1 is 0.923 bits per heavy atom. The molecule has 3 N–H and O–H groups in total. The fourth-order valence-electron chi connectivity index (χ4n) is 2.74. The molecule has 0 spiro atoms. The SMILES string of the molecule is CC.CNCCC(Oc1cc(CCO)cc(CCO)c1)c1ccccc1. The number of aliphatic hydroxyl groups is 2. The zero-order valence-corrected chi connectivity index (χ0v) is 16.2. The summed E-state index contributed by atoms with van der Waals surface area (Å²) in [6, 6.07) is 16.2. The second kappa shape index (κ2) is 13.3. The van der Waals surface area contributed by atoms with E-state index in [2.05, 4.69) is 17.4 Å². The van der Waals surface area contributed by atoms with Crippen LogP contribution < -0.4 is 10.1 Å². The Morgan fingerprint density at radius 2 is 1.50 bits per heavy atom. The van der Waals surface area contributed by atoms with Crippen molar-refractivity contribution in [1.82, 2.24) is 5.32 Å². The van der Waals surface area contributed by atoms with Crippen LogP contribution in [0.4, 0.5) is 0 Å². The van der Waals surface area contributed by atoms with Gasteiger partial charge in [-0.1, -0.05) is 50.2 Å². The Kier molecular flexibility index (Phi) is 11.4. The molecule has 0 amide bonds. The zero-order valence-electron chi connectivity index (χ0n) is 16.2. The van der Waals surface area contributed by atoms with Crippen LogP contribution in [0.25, 0.3) is 0 Å². The Bertz CT molecular complexity index is 577. The number of nitrogens with one attached hydrogen (secondary N) is 1. The van der Waals surface area contributed by atoms with Gasteiger partial charge in [0.05, 0.1) is 0 Å². The molecule has 0 aromatic heterocycles. The number of hydrogen-bond donors (Lipinski definition) is 3. The fraction of sp³-hybridized carbons (Fsp3) is 0.455. The molecule has 0 heterocycles. The monoisotopic (exact) mass is 359 g/mol. The van der Waals surface area contributed by atoms with Crippen LogP contribution >= 0.6 is 0 Å². The van der Waals surface area contributed by atoms with Crippen molar-refractivity contribution in [2.45, 2.75) is 39.2 Å². The molecule has 0 radical (unpaired) electrons. The summed E-state index contributed by atoms with van der Waals surface area (Å²) < 4.78 is 6.27.